The molecule has 0 saturated heterocycles. The predicted octanol–water partition coefficient (Wildman–Crippen LogP) is 2.44. The van der Waals surface area contributed by atoms with Gasteiger partial charge in [-0.05, 0) is 44.1 Å². The van der Waals surface area contributed by atoms with Gasteiger partial charge in [0.05, 0.1) is 7.11 Å². The summed E-state index contributed by atoms with van der Waals surface area (Å²) in [7, 11) is 5.94. The minimum atomic E-state index is 0.673. The highest BCUT2D eigenvalue weighted by Crippen LogP contribution is 2.16. The van der Waals surface area contributed by atoms with Gasteiger partial charge in [0.1, 0.15) is 5.75 Å². The Morgan fingerprint density at radius 1 is 1.33 bits per heavy atom. The lowest BCUT2D eigenvalue weighted by atomic mass is 10.0. The largest absolute Gasteiger partial charge is 0.497 e. The highest BCUT2D eigenvalue weighted by Gasteiger charge is 2.05. The van der Waals surface area contributed by atoms with Gasteiger partial charge in [-0.1, -0.05) is 19.1 Å². The number of hydrogen-bond acceptors (Lipinski definition) is 2. The van der Waals surface area contributed by atoms with Crippen LogP contribution < -0.4 is 4.74 Å². The van der Waals surface area contributed by atoms with E-state index in [1.54, 1.807) is 7.11 Å². The maximum Gasteiger partial charge on any atom is 0.119 e. The summed E-state index contributed by atoms with van der Waals surface area (Å²) in [5, 5.41) is 0. The monoisotopic (exact) mass is 207 g/mol. The van der Waals surface area contributed by atoms with Crippen LogP contribution in [0.15, 0.2) is 24.3 Å². The maximum atomic E-state index is 5.21. The molecule has 0 saturated carbocycles. The Morgan fingerprint density at radius 2 is 2.07 bits per heavy atom. The molecule has 1 aromatic carbocycles. The van der Waals surface area contributed by atoms with E-state index in [0.29, 0.717) is 5.92 Å². The van der Waals surface area contributed by atoms with Crippen molar-refractivity contribution in [2.45, 2.75) is 13.3 Å². The summed E-state index contributed by atoms with van der Waals surface area (Å²) in [6.07, 6.45) is 1.11. The molecule has 0 aliphatic heterocycles. The van der Waals surface area contributed by atoms with E-state index in [1.165, 1.54) is 5.56 Å². The lowest BCUT2D eigenvalue weighted by molar-refractivity contribution is 0.338. The molecule has 0 amide bonds. The Bertz CT molecular complexity index is 296. The molecule has 0 radical (unpaired) electrons. The van der Waals surface area contributed by atoms with Crippen LogP contribution in [-0.2, 0) is 6.42 Å². The van der Waals surface area contributed by atoms with Gasteiger partial charge in [-0.15, -0.1) is 0 Å². The predicted molar refractivity (Wildman–Crippen MR) is 64.4 cm³/mol. The first-order valence-corrected chi connectivity index (χ1v) is 5.39. The summed E-state index contributed by atoms with van der Waals surface area (Å²) >= 11 is 0. The fraction of sp³-hybridized carbons (Fsp3) is 0.538. The van der Waals surface area contributed by atoms with Crippen LogP contribution in [0.2, 0.25) is 0 Å². The van der Waals surface area contributed by atoms with Gasteiger partial charge in [0.2, 0.25) is 0 Å². The van der Waals surface area contributed by atoms with Crippen LogP contribution in [0.25, 0.3) is 0 Å². The van der Waals surface area contributed by atoms with Gasteiger partial charge in [-0.3, -0.25) is 0 Å². The van der Waals surface area contributed by atoms with Crippen LogP contribution in [0, 0.1) is 5.92 Å². The Kier molecular flexibility index (Phi) is 4.63. The quantitative estimate of drug-likeness (QED) is 0.735. The summed E-state index contributed by atoms with van der Waals surface area (Å²) in [5.41, 5.74) is 1.35. The Morgan fingerprint density at radius 3 is 2.67 bits per heavy atom. The molecule has 2 nitrogen and oxygen atoms in total. The standard InChI is InChI=1S/C13H21NO/c1-11(10-14(2)3)8-12-6-5-7-13(9-12)15-4/h5-7,9,11H,8,10H2,1-4H3. The number of methoxy groups -OCH3 is 1. The zero-order valence-corrected chi connectivity index (χ0v) is 10.2. The molecule has 1 unspecified atom stereocenters. The molecule has 0 spiro atoms. The molecule has 1 atom stereocenters. The third-order valence-electron chi connectivity index (χ3n) is 2.40. The molecule has 0 aromatic heterocycles. The Balaban J connectivity index is 2.55. The molecule has 0 N–H and O–H groups in total. The highest BCUT2D eigenvalue weighted by molar-refractivity contribution is 5.28. The van der Waals surface area contributed by atoms with Crippen molar-refractivity contribution < 1.29 is 4.74 Å². The lowest BCUT2D eigenvalue weighted by Crippen LogP contribution is -2.21. The normalized spacial score (nSPS) is 12.9. The van der Waals surface area contributed by atoms with Crippen molar-refractivity contribution in [1.29, 1.82) is 0 Å². The second kappa shape index (κ2) is 5.76. The minimum absolute atomic E-state index is 0.673. The molecular formula is C13H21NO. The van der Waals surface area contributed by atoms with E-state index in [2.05, 4.69) is 44.1 Å². The molecule has 0 aliphatic rings. The van der Waals surface area contributed by atoms with E-state index in [4.69, 9.17) is 4.74 Å². The van der Waals surface area contributed by atoms with E-state index in [1.807, 2.05) is 6.07 Å². The fourth-order valence-electron chi connectivity index (χ4n) is 1.89. The first-order valence-electron chi connectivity index (χ1n) is 5.39. The van der Waals surface area contributed by atoms with Crippen LogP contribution >= 0.6 is 0 Å². The average Bonchev–Trinajstić information content (AvgIpc) is 2.16. The second-order valence-corrected chi connectivity index (χ2v) is 4.42. The van der Waals surface area contributed by atoms with E-state index in [-0.39, 0.29) is 0 Å². The fourth-order valence-corrected chi connectivity index (χ4v) is 1.89. The number of benzene rings is 1. The number of rotatable bonds is 5. The minimum Gasteiger partial charge on any atom is -0.497 e. The molecular weight excluding hydrogens is 186 g/mol. The van der Waals surface area contributed by atoms with Gasteiger partial charge in [0.15, 0.2) is 0 Å². The Hall–Kier alpha value is -1.02. The van der Waals surface area contributed by atoms with Gasteiger partial charge in [0.25, 0.3) is 0 Å². The van der Waals surface area contributed by atoms with Crippen molar-refractivity contribution in [3.8, 4) is 5.75 Å². The smallest absolute Gasteiger partial charge is 0.119 e. The average molecular weight is 207 g/mol. The molecule has 1 aromatic rings. The van der Waals surface area contributed by atoms with Crippen molar-refractivity contribution in [3.63, 3.8) is 0 Å². The van der Waals surface area contributed by atoms with Gasteiger partial charge < -0.3 is 9.64 Å². The molecule has 2 heteroatoms. The number of nitrogens with zero attached hydrogens (tertiary/aromatic N) is 1. The summed E-state index contributed by atoms with van der Waals surface area (Å²) < 4.78 is 5.21. The molecule has 0 aliphatic carbocycles. The van der Waals surface area contributed by atoms with Crippen LogP contribution in [0.4, 0.5) is 0 Å². The van der Waals surface area contributed by atoms with E-state index in [9.17, 15) is 0 Å². The molecule has 84 valence electrons. The van der Waals surface area contributed by atoms with E-state index < -0.39 is 0 Å². The van der Waals surface area contributed by atoms with Gasteiger partial charge in [-0.25, -0.2) is 0 Å². The van der Waals surface area contributed by atoms with Crippen LogP contribution in [0.5, 0.6) is 5.75 Å². The van der Waals surface area contributed by atoms with Crippen LogP contribution in [-0.4, -0.2) is 32.6 Å². The first-order chi connectivity index (χ1) is 7.11. The van der Waals surface area contributed by atoms with E-state index in [0.717, 1.165) is 18.7 Å². The van der Waals surface area contributed by atoms with Crippen molar-refractivity contribution in [2.75, 3.05) is 27.7 Å². The summed E-state index contributed by atoms with van der Waals surface area (Å²) in [4.78, 5) is 2.23. The van der Waals surface area contributed by atoms with Crippen molar-refractivity contribution in [1.82, 2.24) is 4.90 Å². The summed E-state index contributed by atoms with van der Waals surface area (Å²) in [5.74, 6) is 1.62. The molecule has 0 heterocycles. The van der Waals surface area contributed by atoms with Crippen molar-refractivity contribution >= 4 is 0 Å². The SMILES string of the molecule is COc1cccc(CC(C)CN(C)C)c1. The second-order valence-electron chi connectivity index (χ2n) is 4.42. The molecule has 0 fully saturated rings. The Labute approximate surface area is 92.9 Å². The number of ether oxygens (including phenoxy) is 1. The third kappa shape index (κ3) is 4.34. The molecule has 0 bridgehead atoms. The molecule has 15 heavy (non-hydrogen) atoms. The van der Waals surface area contributed by atoms with Crippen molar-refractivity contribution in [2.24, 2.45) is 5.92 Å². The summed E-state index contributed by atoms with van der Waals surface area (Å²) in [6.45, 7) is 3.40. The van der Waals surface area contributed by atoms with Crippen molar-refractivity contribution in [3.05, 3.63) is 29.8 Å². The third-order valence-corrected chi connectivity index (χ3v) is 2.40. The molecule has 1 rings (SSSR count). The van der Waals surface area contributed by atoms with Gasteiger partial charge >= 0.3 is 0 Å². The zero-order valence-electron chi connectivity index (χ0n) is 10.2. The maximum absolute atomic E-state index is 5.21. The number of hydrogen-bond donors (Lipinski definition) is 0. The van der Waals surface area contributed by atoms with Gasteiger partial charge in [-0.2, -0.15) is 0 Å². The zero-order chi connectivity index (χ0) is 11.3. The first kappa shape index (κ1) is 12.1. The summed E-state index contributed by atoms with van der Waals surface area (Å²) in [6, 6.07) is 8.32. The topological polar surface area (TPSA) is 12.5 Å². The highest BCUT2D eigenvalue weighted by atomic mass is 16.5. The van der Waals surface area contributed by atoms with Gasteiger partial charge in [0, 0.05) is 6.54 Å². The lowest BCUT2D eigenvalue weighted by Gasteiger charge is -2.17. The van der Waals surface area contributed by atoms with E-state index >= 15 is 0 Å². The van der Waals surface area contributed by atoms with Crippen LogP contribution in [0.1, 0.15) is 12.5 Å². The van der Waals surface area contributed by atoms with Crippen LogP contribution in [0.3, 0.4) is 0 Å².